The molecule has 0 aliphatic carbocycles. The van der Waals surface area contributed by atoms with Crippen molar-refractivity contribution in [1.29, 1.82) is 0 Å². The summed E-state index contributed by atoms with van der Waals surface area (Å²) < 4.78 is 0. The lowest BCUT2D eigenvalue weighted by atomic mass is 9.98. The molecule has 20 heavy (non-hydrogen) atoms. The van der Waals surface area contributed by atoms with E-state index in [2.05, 4.69) is 54.5 Å². The van der Waals surface area contributed by atoms with Gasteiger partial charge in [-0.25, -0.2) is 0 Å². The highest BCUT2D eigenvalue weighted by molar-refractivity contribution is 5.26. The highest BCUT2D eigenvalue weighted by Gasteiger charge is 2.10. The van der Waals surface area contributed by atoms with Crippen LogP contribution in [0.1, 0.15) is 28.8 Å². The van der Waals surface area contributed by atoms with Gasteiger partial charge in [-0.3, -0.25) is 4.98 Å². The highest BCUT2D eigenvalue weighted by Crippen LogP contribution is 2.13. The summed E-state index contributed by atoms with van der Waals surface area (Å²) in [5, 5.41) is 3.43. The van der Waals surface area contributed by atoms with Crippen LogP contribution >= 0.6 is 0 Å². The molecule has 106 valence electrons. The van der Waals surface area contributed by atoms with Crippen LogP contribution in [-0.4, -0.2) is 18.1 Å². The fourth-order valence-corrected chi connectivity index (χ4v) is 2.53. The summed E-state index contributed by atoms with van der Waals surface area (Å²) >= 11 is 0. The minimum absolute atomic E-state index is 0.475. The van der Waals surface area contributed by atoms with Gasteiger partial charge >= 0.3 is 0 Å². The third kappa shape index (κ3) is 3.91. The van der Waals surface area contributed by atoms with E-state index in [9.17, 15) is 0 Å². The Kier molecular flexibility index (Phi) is 5.31. The van der Waals surface area contributed by atoms with Gasteiger partial charge in [0, 0.05) is 24.4 Å². The van der Waals surface area contributed by atoms with Crippen LogP contribution in [0.3, 0.4) is 0 Å². The Morgan fingerprint density at radius 2 is 1.80 bits per heavy atom. The average molecular weight is 268 g/mol. The van der Waals surface area contributed by atoms with Crippen molar-refractivity contribution in [2.75, 3.05) is 7.05 Å². The Hall–Kier alpha value is -1.67. The maximum Gasteiger partial charge on any atom is 0.0448 e. The van der Waals surface area contributed by atoms with E-state index >= 15 is 0 Å². The van der Waals surface area contributed by atoms with Crippen LogP contribution in [0, 0.1) is 13.8 Å². The lowest BCUT2D eigenvalue weighted by molar-refractivity contribution is 0.513. The smallest absolute Gasteiger partial charge is 0.0448 e. The molecule has 0 fully saturated rings. The first-order valence-electron chi connectivity index (χ1n) is 7.33. The molecule has 2 nitrogen and oxygen atoms in total. The number of nitrogens with one attached hydrogen (secondary N) is 1. The van der Waals surface area contributed by atoms with E-state index in [1.54, 1.807) is 0 Å². The molecular formula is C18H24N2. The Bertz CT molecular complexity index is 549. The number of benzene rings is 1. The molecule has 0 spiro atoms. The third-order valence-electron chi connectivity index (χ3n) is 3.99. The molecule has 1 unspecified atom stereocenters. The van der Waals surface area contributed by atoms with Crippen molar-refractivity contribution in [2.45, 2.75) is 39.2 Å². The molecule has 0 aliphatic heterocycles. The first-order chi connectivity index (χ1) is 9.70. The largest absolute Gasteiger partial charge is 0.317 e. The molecule has 0 aliphatic rings. The predicted octanol–water partition coefficient (Wildman–Crippen LogP) is 3.46. The predicted molar refractivity (Wildman–Crippen MR) is 85.0 cm³/mol. The van der Waals surface area contributed by atoms with Crippen molar-refractivity contribution in [3.8, 4) is 0 Å². The minimum Gasteiger partial charge on any atom is -0.317 e. The molecule has 2 aromatic rings. The lowest BCUT2D eigenvalue weighted by Crippen LogP contribution is -2.29. The Balaban J connectivity index is 1.96. The summed E-state index contributed by atoms with van der Waals surface area (Å²) in [5.41, 5.74) is 5.32. The quantitative estimate of drug-likeness (QED) is 0.868. The standard InChI is InChI=1S/C18H24N2/c1-14-7-4-5-9-16(14)10-11-17(19-3)13-18-15(2)8-6-12-20-18/h4-9,12,17,19H,10-11,13H2,1-3H3. The van der Waals surface area contributed by atoms with E-state index in [-0.39, 0.29) is 0 Å². The van der Waals surface area contributed by atoms with Crippen molar-refractivity contribution in [3.05, 3.63) is 65.0 Å². The molecule has 1 heterocycles. The Labute approximate surface area is 122 Å². The van der Waals surface area contributed by atoms with Gasteiger partial charge in [0.1, 0.15) is 0 Å². The fourth-order valence-electron chi connectivity index (χ4n) is 2.53. The summed E-state index contributed by atoms with van der Waals surface area (Å²) in [6.45, 7) is 4.32. The molecule has 2 heteroatoms. The molecule has 1 N–H and O–H groups in total. The second-order valence-corrected chi connectivity index (χ2v) is 5.42. The normalized spacial score (nSPS) is 12.3. The van der Waals surface area contributed by atoms with Gasteiger partial charge < -0.3 is 5.32 Å². The number of aryl methyl sites for hydroxylation is 3. The molecule has 0 bridgehead atoms. The first kappa shape index (κ1) is 14.7. The molecule has 0 saturated carbocycles. The fraction of sp³-hybridized carbons (Fsp3) is 0.389. The van der Waals surface area contributed by atoms with E-state index in [4.69, 9.17) is 0 Å². The van der Waals surface area contributed by atoms with Crippen LogP contribution in [0.2, 0.25) is 0 Å². The summed E-state index contributed by atoms with van der Waals surface area (Å²) in [4.78, 5) is 4.50. The van der Waals surface area contributed by atoms with Crippen molar-refractivity contribution in [3.63, 3.8) is 0 Å². The molecule has 1 aromatic heterocycles. The van der Waals surface area contributed by atoms with Crippen molar-refractivity contribution in [1.82, 2.24) is 10.3 Å². The van der Waals surface area contributed by atoms with E-state index in [1.165, 1.54) is 22.4 Å². The van der Waals surface area contributed by atoms with Crippen LogP contribution in [0.15, 0.2) is 42.6 Å². The van der Waals surface area contributed by atoms with E-state index in [0.717, 1.165) is 19.3 Å². The molecule has 2 rings (SSSR count). The van der Waals surface area contributed by atoms with Crippen LogP contribution in [0.4, 0.5) is 0 Å². The molecule has 0 radical (unpaired) electrons. The zero-order valence-electron chi connectivity index (χ0n) is 12.7. The molecule has 0 saturated heterocycles. The zero-order chi connectivity index (χ0) is 14.4. The summed E-state index contributed by atoms with van der Waals surface area (Å²) in [7, 11) is 2.04. The van der Waals surface area contributed by atoms with Gasteiger partial charge in [0.05, 0.1) is 0 Å². The van der Waals surface area contributed by atoms with Gasteiger partial charge in [-0.2, -0.15) is 0 Å². The molecule has 1 atom stereocenters. The second kappa shape index (κ2) is 7.20. The van der Waals surface area contributed by atoms with Crippen molar-refractivity contribution in [2.24, 2.45) is 0 Å². The number of pyridine rings is 1. The Morgan fingerprint density at radius 1 is 1.05 bits per heavy atom. The van der Waals surface area contributed by atoms with Gasteiger partial charge in [-0.05, 0) is 56.5 Å². The van der Waals surface area contributed by atoms with Gasteiger partial charge in [0.25, 0.3) is 0 Å². The topological polar surface area (TPSA) is 24.9 Å². The zero-order valence-corrected chi connectivity index (χ0v) is 12.7. The number of hydrogen-bond donors (Lipinski definition) is 1. The van der Waals surface area contributed by atoms with Gasteiger partial charge in [0.15, 0.2) is 0 Å². The van der Waals surface area contributed by atoms with Gasteiger partial charge in [-0.1, -0.05) is 30.3 Å². The molecule has 1 aromatic carbocycles. The number of rotatable bonds is 6. The first-order valence-corrected chi connectivity index (χ1v) is 7.33. The SMILES string of the molecule is CNC(CCc1ccccc1C)Cc1ncccc1C. The van der Waals surface area contributed by atoms with Crippen LogP contribution in [-0.2, 0) is 12.8 Å². The van der Waals surface area contributed by atoms with E-state index in [0.29, 0.717) is 6.04 Å². The van der Waals surface area contributed by atoms with Crippen LogP contribution in [0.25, 0.3) is 0 Å². The van der Waals surface area contributed by atoms with Gasteiger partial charge in [0.2, 0.25) is 0 Å². The molecule has 0 amide bonds. The number of likely N-dealkylation sites (N-methyl/N-ethyl adjacent to an activating group) is 1. The second-order valence-electron chi connectivity index (χ2n) is 5.42. The maximum atomic E-state index is 4.50. The minimum atomic E-state index is 0.475. The summed E-state index contributed by atoms with van der Waals surface area (Å²) in [6.07, 6.45) is 5.13. The highest BCUT2D eigenvalue weighted by atomic mass is 14.9. The van der Waals surface area contributed by atoms with Crippen LogP contribution in [0.5, 0.6) is 0 Å². The van der Waals surface area contributed by atoms with Crippen LogP contribution < -0.4 is 5.32 Å². The maximum absolute atomic E-state index is 4.50. The lowest BCUT2D eigenvalue weighted by Gasteiger charge is -2.17. The monoisotopic (exact) mass is 268 g/mol. The average Bonchev–Trinajstić information content (AvgIpc) is 2.47. The summed E-state index contributed by atoms with van der Waals surface area (Å²) in [6, 6.07) is 13.3. The van der Waals surface area contributed by atoms with Gasteiger partial charge in [-0.15, -0.1) is 0 Å². The van der Waals surface area contributed by atoms with Crippen molar-refractivity contribution < 1.29 is 0 Å². The summed E-state index contributed by atoms with van der Waals surface area (Å²) in [5.74, 6) is 0. The Morgan fingerprint density at radius 3 is 2.50 bits per heavy atom. The molecular weight excluding hydrogens is 244 g/mol. The number of nitrogens with zero attached hydrogens (tertiary/aromatic N) is 1. The van der Waals surface area contributed by atoms with E-state index < -0.39 is 0 Å². The number of aromatic nitrogens is 1. The third-order valence-corrected chi connectivity index (χ3v) is 3.99. The number of hydrogen-bond acceptors (Lipinski definition) is 2. The van der Waals surface area contributed by atoms with Crippen molar-refractivity contribution >= 4 is 0 Å². The van der Waals surface area contributed by atoms with E-state index in [1.807, 2.05) is 19.3 Å².